The highest BCUT2D eigenvalue weighted by atomic mass is 79.9. The predicted octanol–water partition coefficient (Wildman–Crippen LogP) is 1.69. The summed E-state index contributed by atoms with van der Waals surface area (Å²) in [7, 11) is 2.87. The smallest absolute Gasteiger partial charge is 0.307 e. The van der Waals surface area contributed by atoms with E-state index < -0.39 is 0 Å². The summed E-state index contributed by atoms with van der Waals surface area (Å²) in [5.74, 6) is -0.581. The second-order valence-corrected chi connectivity index (χ2v) is 4.44. The maximum Gasteiger partial charge on any atom is 0.307 e. The minimum absolute atomic E-state index is 0.140. The minimum Gasteiger partial charge on any atom is -0.469 e. The Kier molecular flexibility index (Phi) is 6.58. The van der Waals surface area contributed by atoms with Gasteiger partial charge in [0, 0.05) is 20.2 Å². The third kappa shape index (κ3) is 4.68. The van der Waals surface area contributed by atoms with Gasteiger partial charge in [0.2, 0.25) is 0 Å². The lowest BCUT2D eigenvalue weighted by Gasteiger charge is -2.21. The molecule has 0 atom stereocenters. The number of nitrogens with zero attached hydrogens (tertiary/aromatic N) is 1. The number of carbonyl (C=O) groups is 2. The number of halogens is 1. The third-order valence-electron chi connectivity index (χ3n) is 2.51. The molecule has 0 N–H and O–H groups in total. The van der Waals surface area contributed by atoms with Crippen molar-refractivity contribution in [1.29, 1.82) is 0 Å². The monoisotopic (exact) mass is 333 g/mol. The van der Waals surface area contributed by atoms with E-state index in [1.54, 1.807) is 13.2 Å². The van der Waals surface area contributed by atoms with Gasteiger partial charge in [-0.2, -0.15) is 0 Å². The lowest BCUT2D eigenvalue weighted by atomic mass is 10.2. The lowest BCUT2D eigenvalue weighted by molar-refractivity contribution is -0.140. The van der Waals surface area contributed by atoms with Crippen LogP contribution in [0.5, 0.6) is 0 Å². The highest BCUT2D eigenvalue weighted by Gasteiger charge is 2.20. The van der Waals surface area contributed by atoms with Crippen LogP contribution < -0.4 is 0 Å². The molecule has 1 aromatic heterocycles. The fraction of sp³-hybridized carbons (Fsp3) is 0.500. The Balaban J connectivity index is 2.70. The number of esters is 1. The molecule has 0 aromatic carbocycles. The van der Waals surface area contributed by atoms with E-state index in [2.05, 4.69) is 20.7 Å². The van der Waals surface area contributed by atoms with Gasteiger partial charge in [0.1, 0.15) is 0 Å². The zero-order chi connectivity index (χ0) is 14.3. The molecule has 1 amide bonds. The summed E-state index contributed by atoms with van der Waals surface area (Å²) in [6.07, 6.45) is 1.56. The van der Waals surface area contributed by atoms with Crippen LogP contribution in [0.1, 0.15) is 16.8 Å². The molecule has 0 bridgehead atoms. The van der Waals surface area contributed by atoms with E-state index in [-0.39, 0.29) is 24.8 Å². The van der Waals surface area contributed by atoms with E-state index in [4.69, 9.17) is 9.15 Å². The van der Waals surface area contributed by atoms with Crippen LogP contribution >= 0.6 is 15.9 Å². The number of amides is 1. The summed E-state index contributed by atoms with van der Waals surface area (Å²) < 4.78 is 14.9. The Bertz CT molecular complexity index is 432. The molecular formula is C12H16BrNO5. The number of carbonyl (C=O) groups excluding carboxylic acids is 2. The molecule has 0 fully saturated rings. The van der Waals surface area contributed by atoms with Gasteiger partial charge in [0.05, 0.1) is 32.0 Å². The zero-order valence-corrected chi connectivity index (χ0v) is 12.4. The summed E-state index contributed by atoms with van der Waals surface area (Å²) in [4.78, 5) is 24.9. The first-order valence-electron chi connectivity index (χ1n) is 5.68. The van der Waals surface area contributed by atoms with Crippen molar-refractivity contribution in [2.24, 2.45) is 0 Å². The van der Waals surface area contributed by atoms with E-state index in [1.807, 2.05) is 0 Å². The predicted molar refractivity (Wildman–Crippen MR) is 70.8 cm³/mol. The number of furan rings is 1. The third-order valence-corrected chi connectivity index (χ3v) is 3.13. The van der Waals surface area contributed by atoms with E-state index >= 15 is 0 Å². The second kappa shape index (κ2) is 7.96. The molecule has 0 aliphatic heterocycles. The average Bonchev–Trinajstić information content (AvgIpc) is 2.84. The van der Waals surface area contributed by atoms with Gasteiger partial charge in [-0.3, -0.25) is 9.59 Å². The number of rotatable bonds is 7. The Hall–Kier alpha value is -1.34. The topological polar surface area (TPSA) is 69.0 Å². The molecule has 19 heavy (non-hydrogen) atoms. The molecule has 0 radical (unpaired) electrons. The first kappa shape index (κ1) is 15.7. The maximum absolute atomic E-state index is 12.3. The van der Waals surface area contributed by atoms with Crippen molar-refractivity contribution in [2.75, 3.05) is 33.9 Å². The minimum atomic E-state index is -0.360. The Morgan fingerprint density at radius 3 is 2.63 bits per heavy atom. The summed E-state index contributed by atoms with van der Waals surface area (Å²) in [6.45, 7) is 1.05. The van der Waals surface area contributed by atoms with Crippen LogP contribution in [0.3, 0.4) is 0 Å². The summed E-state index contributed by atoms with van der Waals surface area (Å²) >= 11 is 3.16. The van der Waals surface area contributed by atoms with Crippen molar-refractivity contribution >= 4 is 27.8 Å². The number of methoxy groups -OCH3 is 2. The number of ether oxygens (including phenoxy) is 2. The molecule has 106 valence electrons. The fourth-order valence-electron chi connectivity index (χ4n) is 1.46. The van der Waals surface area contributed by atoms with E-state index in [1.165, 1.54) is 18.3 Å². The van der Waals surface area contributed by atoms with Crippen LogP contribution in [0.15, 0.2) is 21.4 Å². The highest BCUT2D eigenvalue weighted by Crippen LogP contribution is 2.19. The van der Waals surface area contributed by atoms with Crippen molar-refractivity contribution in [3.63, 3.8) is 0 Å². The molecular weight excluding hydrogens is 318 g/mol. The molecule has 7 heteroatoms. The van der Waals surface area contributed by atoms with Gasteiger partial charge >= 0.3 is 5.97 Å². The molecule has 0 saturated heterocycles. The van der Waals surface area contributed by atoms with Crippen molar-refractivity contribution in [3.8, 4) is 0 Å². The van der Waals surface area contributed by atoms with Crippen molar-refractivity contribution in [1.82, 2.24) is 4.90 Å². The van der Waals surface area contributed by atoms with Crippen LogP contribution in [0.4, 0.5) is 0 Å². The Morgan fingerprint density at radius 2 is 2.11 bits per heavy atom. The summed E-state index contributed by atoms with van der Waals surface area (Å²) in [5, 5.41) is 0. The van der Waals surface area contributed by atoms with Gasteiger partial charge in [-0.05, 0) is 22.0 Å². The van der Waals surface area contributed by atoms with Gasteiger partial charge in [0.25, 0.3) is 5.91 Å². The normalized spacial score (nSPS) is 10.3. The van der Waals surface area contributed by atoms with Gasteiger partial charge in [-0.15, -0.1) is 0 Å². The first-order chi connectivity index (χ1) is 9.10. The summed E-state index contributed by atoms with van der Waals surface area (Å²) in [6, 6.07) is 1.57. The van der Waals surface area contributed by atoms with Gasteiger partial charge in [0.15, 0.2) is 4.67 Å². The lowest BCUT2D eigenvalue weighted by Crippen LogP contribution is -2.35. The average molecular weight is 334 g/mol. The quantitative estimate of drug-likeness (QED) is 0.710. The molecule has 0 saturated carbocycles. The molecule has 1 rings (SSSR count). The van der Waals surface area contributed by atoms with Crippen molar-refractivity contribution < 1.29 is 23.5 Å². The molecule has 0 aliphatic rings. The zero-order valence-electron chi connectivity index (χ0n) is 10.8. The van der Waals surface area contributed by atoms with Crippen LogP contribution in [0, 0.1) is 0 Å². The van der Waals surface area contributed by atoms with Gasteiger partial charge in [-0.1, -0.05) is 0 Å². The van der Waals surface area contributed by atoms with E-state index in [0.29, 0.717) is 23.4 Å². The standard InChI is InChI=1S/C12H16BrNO5/c1-17-8-6-14(5-3-10(15)18-2)12(16)9-4-7-19-11(9)13/h4,7H,3,5-6,8H2,1-2H3. The molecule has 0 spiro atoms. The van der Waals surface area contributed by atoms with Crippen LogP contribution in [0.2, 0.25) is 0 Å². The SMILES string of the molecule is COCCN(CCC(=O)OC)C(=O)c1ccoc1Br. The second-order valence-electron chi connectivity index (χ2n) is 3.72. The summed E-state index contributed by atoms with van der Waals surface area (Å²) in [5.41, 5.74) is 0.418. The molecule has 0 unspecified atom stereocenters. The Morgan fingerprint density at radius 1 is 1.37 bits per heavy atom. The van der Waals surface area contributed by atoms with Crippen LogP contribution in [-0.2, 0) is 14.3 Å². The number of hydrogen-bond donors (Lipinski definition) is 0. The highest BCUT2D eigenvalue weighted by molar-refractivity contribution is 9.10. The molecule has 1 heterocycles. The number of hydrogen-bond acceptors (Lipinski definition) is 5. The maximum atomic E-state index is 12.3. The van der Waals surface area contributed by atoms with Crippen LogP contribution in [-0.4, -0.2) is 50.7 Å². The van der Waals surface area contributed by atoms with Crippen LogP contribution in [0.25, 0.3) is 0 Å². The fourth-order valence-corrected chi connectivity index (χ4v) is 1.87. The van der Waals surface area contributed by atoms with Crippen molar-refractivity contribution in [2.45, 2.75) is 6.42 Å². The Labute approximate surface area is 119 Å². The largest absolute Gasteiger partial charge is 0.469 e. The van der Waals surface area contributed by atoms with E-state index in [9.17, 15) is 9.59 Å². The molecule has 0 aliphatic carbocycles. The first-order valence-corrected chi connectivity index (χ1v) is 6.47. The van der Waals surface area contributed by atoms with E-state index in [0.717, 1.165) is 0 Å². The van der Waals surface area contributed by atoms with Crippen molar-refractivity contribution in [3.05, 3.63) is 22.6 Å². The molecule has 1 aromatic rings. The van der Waals surface area contributed by atoms with Gasteiger partial charge in [-0.25, -0.2) is 0 Å². The molecule has 6 nitrogen and oxygen atoms in total. The van der Waals surface area contributed by atoms with Gasteiger partial charge < -0.3 is 18.8 Å².